The van der Waals surface area contributed by atoms with Crippen LogP contribution in [0, 0.1) is 5.92 Å². The number of nitrogens with zero attached hydrogens (tertiary/aromatic N) is 3. The number of H-pyrrole nitrogens is 1. The lowest BCUT2D eigenvalue weighted by Gasteiger charge is -2.37. The monoisotopic (exact) mass is 514 g/mol. The number of hydrogen-bond donors (Lipinski definition) is 1. The highest BCUT2D eigenvalue weighted by Gasteiger charge is 2.32. The number of piperazine rings is 1. The largest absolute Gasteiger partial charge is 0.348 e. The van der Waals surface area contributed by atoms with Gasteiger partial charge in [0.25, 0.3) is 0 Å². The van der Waals surface area contributed by atoms with E-state index in [0.29, 0.717) is 37.6 Å². The SMILES string of the molecule is O=C(CCS(=O)(=O)c1ccc2cc(Cl)ccc2c1)N1CCN(C(=O)C2CCc3nc[nH]c3C2)CC1. The molecule has 10 heteroatoms. The molecule has 8 nitrogen and oxygen atoms in total. The summed E-state index contributed by atoms with van der Waals surface area (Å²) in [6.45, 7) is 1.78. The Balaban J connectivity index is 1.14. The molecule has 5 rings (SSSR count). The van der Waals surface area contributed by atoms with E-state index in [1.165, 1.54) is 0 Å². The fourth-order valence-corrected chi connectivity index (χ4v) is 6.37. The van der Waals surface area contributed by atoms with Crippen LogP contribution in [0.4, 0.5) is 0 Å². The van der Waals surface area contributed by atoms with E-state index in [2.05, 4.69) is 9.97 Å². The molecule has 1 N–H and O–H groups in total. The van der Waals surface area contributed by atoms with Gasteiger partial charge in [0.2, 0.25) is 11.8 Å². The third-order valence-corrected chi connectivity index (χ3v) is 8.95. The van der Waals surface area contributed by atoms with Gasteiger partial charge in [0.1, 0.15) is 0 Å². The maximum absolute atomic E-state index is 13.0. The highest BCUT2D eigenvalue weighted by atomic mass is 35.5. The van der Waals surface area contributed by atoms with Gasteiger partial charge in [-0.15, -0.1) is 0 Å². The molecule has 2 aliphatic rings. The number of fused-ring (bicyclic) bond motifs is 2. The summed E-state index contributed by atoms with van der Waals surface area (Å²) in [4.78, 5) is 36.8. The van der Waals surface area contributed by atoms with E-state index < -0.39 is 9.84 Å². The number of amides is 2. The molecule has 0 bridgehead atoms. The Kier molecular flexibility index (Phi) is 6.55. The van der Waals surface area contributed by atoms with E-state index >= 15 is 0 Å². The Bertz CT molecular complexity index is 1380. The Morgan fingerprint density at radius 1 is 1.03 bits per heavy atom. The van der Waals surface area contributed by atoms with Crippen LogP contribution in [0.5, 0.6) is 0 Å². The van der Waals surface area contributed by atoms with Crippen molar-refractivity contribution in [3.8, 4) is 0 Å². The number of nitrogens with one attached hydrogen (secondary N) is 1. The standard InChI is InChI=1S/C25H27ClN4O4S/c26-20-4-1-18-14-21(5-2-17(18)13-20)35(33,34)12-7-24(31)29-8-10-30(11-9-29)25(32)19-3-6-22-23(15-19)28-16-27-22/h1-2,4-5,13-14,16,19H,3,6-12,15H2,(H,27,28). The van der Waals surface area contributed by atoms with Crippen LogP contribution in [0.15, 0.2) is 47.6 Å². The first-order valence-electron chi connectivity index (χ1n) is 11.8. The van der Waals surface area contributed by atoms with Gasteiger partial charge in [-0.1, -0.05) is 23.7 Å². The van der Waals surface area contributed by atoms with Gasteiger partial charge in [0.15, 0.2) is 9.84 Å². The third-order valence-electron chi connectivity index (χ3n) is 7.00. The van der Waals surface area contributed by atoms with Gasteiger partial charge < -0.3 is 14.8 Å². The van der Waals surface area contributed by atoms with Crippen LogP contribution in [0.1, 0.15) is 24.2 Å². The summed E-state index contributed by atoms with van der Waals surface area (Å²) < 4.78 is 25.7. The van der Waals surface area contributed by atoms with Crippen LogP contribution in [-0.4, -0.2) is 71.9 Å². The molecule has 2 aromatic carbocycles. The van der Waals surface area contributed by atoms with Crippen molar-refractivity contribution in [3.63, 3.8) is 0 Å². The van der Waals surface area contributed by atoms with Crippen molar-refractivity contribution in [2.45, 2.75) is 30.6 Å². The zero-order valence-corrected chi connectivity index (χ0v) is 20.8. The lowest BCUT2D eigenvalue weighted by Crippen LogP contribution is -2.52. The maximum Gasteiger partial charge on any atom is 0.226 e. The fraction of sp³-hybridized carbons (Fsp3) is 0.400. The van der Waals surface area contributed by atoms with E-state index in [0.717, 1.165) is 35.0 Å². The number of halogens is 1. The smallest absolute Gasteiger partial charge is 0.226 e. The number of carbonyl (C=O) groups excluding carboxylic acids is 2. The quantitative estimate of drug-likeness (QED) is 0.564. The number of carbonyl (C=O) groups is 2. The first-order valence-corrected chi connectivity index (χ1v) is 13.8. The van der Waals surface area contributed by atoms with E-state index in [4.69, 9.17) is 11.6 Å². The van der Waals surface area contributed by atoms with Gasteiger partial charge >= 0.3 is 0 Å². The second-order valence-electron chi connectivity index (χ2n) is 9.20. The minimum atomic E-state index is -3.61. The van der Waals surface area contributed by atoms with Crippen LogP contribution < -0.4 is 0 Å². The van der Waals surface area contributed by atoms with Crippen molar-refractivity contribution in [1.82, 2.24) is 19.8 Å². The molecular formula is C25H27ClN4O4S. The summed E-state index contributed by atoms with van der Waals surface area (Å²) in [7, 11) is -3.61. The first-order chi connectivity index (χ1) is 16.8. The predicted molar refractivity (Wildman–Crippen MR) is 133 cm³/mol. The normalized spacial score (nSPS) is 18.5. The zero-order valence-electron chi connectivity index (χ0n) is 19.2. The number of sulfone groups is 1. The fourth-order valence-electron chi connectivity index (χ4n) is 4.93. The van der Waals surface area contributed by atoms with Gasteiger partial charge in [0, 0.05) is 55.7 Å². The highest BCUT2D eigenvalue weighted by Crippen LogP contribution is 2.26. The molecular weight excluding hydrogens is 488 g/mol. The zero-order chi connectivity index (χ0) is 24.6. The van der Waals surface area contributed by atoms with Crippen LogP contribution in [-0.2, 0) is 32.3 Å². The lowest BCUT2D eigenvalue weighted by atomic mass is 9.88. The molecule has 35 heavy (non-hydrogen) atoms. The Hall–Kier alpha value is -2.91. The van der Waals surface area contributed by atoms with Gasteiger partial charge in [-0.2, -0.15) is 0 Å². The molecule has 1 aliphatic heterocycles. The summed E-state index contributed by atoms with van der Waals surface area (Å²) in [5.41, 5.74) is 2.09. The van der Waals surface area contributed by atoms with Gasteiger partial charge in [-0.05, 0) is 47.9 Å². The first kappa shape index (κ1) is 23.8. The van der Waals surface area contributed by atoms with E-state index in [1.54, 1.807) is 47.6 Å². The number of imidazole rings is 1. The predicted octanol–water partition coefficient (Wildman–Crippen LogP) is 2.86. The van der Waals surface area contributed by atoms with Crippen molar-refractivity contribution in [3.05, 3.63) is 59.1 Å². The molecule has 0 spiro atoms. The van der Waals surface area contributed by atoms with Crippen molar-refractivity contribution in [2.75, 3.05) is 31.9 Å². The number of benzene rings is 2. The Morgan fingerprint density at radius 3 is 2.54 bits per heavy atom. The number of aryl methyl sites for hydroxylation is 1. The molecule has 1 atom stereocenters. The third kappa shape index (κ3) is 5.06. The van der Waals surface area contributed by atoms with Crippen molar-refractivity contribution >= 4 is 44.0 Å². The number of hydrogen-bond acceptors (Lipinski definition) is 5. The summed E-state index contributed by atoms with van der Waals surface area (Å²) >= 11 is 6.00. The van der Waals surface area contributed by atoms with Gasteiger partial charge in [-0.25, -0.2) is 13.4 Å². The average molecular weight is 515 g/mol. The average Bonchev–Trinajstić information content (AvgIpc) is 3.34. The van der Waals surface area contributed by atoms with Crippen LogP contribution in [0.2, 0.25) is 5.02 Å². The molecule has 1 unspecified atom stereocenters. The molecule has 184 valence electrons. The van der Waals surface area contributed by atoms with E-state index in [9.17, 15) is 18.0 Å². The molecule has 0 radical (unpaired) electrons. The Labute approximate surface area is 209 Å². The molecule has 3 aromatic rings. The number of rotatable bonds is 5. The lowest BCUT2D eigenvalue weighted by molar-refractivity contribution is -0.142. The minimum Gasteiger partial charge on any atom is -0.348 e. The van der Waals surface area contributed by atoms with Crippen molar-refractivity contribution in [1.29, 1.82) is 0 Å². The number of aromatic amines is 1. The molecule has 1 saturated heterocycles. The topological polar surface area (TPSA) is 103 Å². The van der Waals surface area contributed by atoms with Crippen molar-refractivity contribution in [2.24, 2.45) is 5.92 Å². The number of aromatic nitrogens is 2. The summed E-state index contributed by atoms with van der Waals surface area (Å²) in [5.74, 6) is -0.391. The van der Waals surface area contributed by atoms with Crippen LogP contribution >= 0.6 is 11.6 Å². The summed E-state index contributed by atoms with van der Waals surface area (Å²) in [6.07, 6.45) is 3.86. The van der Waals surface area contributed by atoms with Crippen LogP contribution in [0.25, 0.3) is 10.8 Å². The van der Waals surface area contributed by atoms with E-state index in [1.807, 2.05) is 4.90 Å². The maximum atomic E-state index is 13.0. The van der Waals surface area contributed by atoms with Gasteiger partial charge in [0.05, 0.1) is 22.7 Å². The molecule has 2 amide bonds. The second-order valence-corrected chi connectivity index (χ2v) is 11.7. The summed E-state index contributed by atoms with van der Waals surface area (Å²) in [5, 5.41) is 2.23. The van der Waals surface area contributed by atoms with Gasteiger partial charge in [-0.3, -0.25) is 9.59 Å². The minimum absolute atomic E-state index is 0.0617. The Morgan fingerprint density at radius 2 is 1.74 bits per heavy atom. The molecule has 0 saturated carbocycles. The molecule has 1 aromatic heterocycles. The highest BCUT2D eigenvalue weighted by molar-refractivity contribution is 7.91. The van der Waals surface area contributed by atoms with Crippen LogP contribution in [0.3, 0.4) is 0 Å². The molecule has 1 fully saturated rings. The van der Waals surface area contributed by atoms with Crippen molar-refractivity contribution < 1.29 is 18.0 Å². The second kappa shape index (κ2) is 9.62. The van der Waals surface area contributed by atoms with E-state index in [-0.39, 0.29) is 34.8 Å². The molecule has 1 aliphatic carbocycles. The molecule has 2 heterocycles. The summed E-state index contributed by atoms with van der Waals surface area (Å²) in [6, 6.07) is 10.2.